The van der Waals surface area contributed by atoms with Crippen LogP contribution in [0.5, 0.6) is 0 Å². The van der Waals surface area contributed by atoms with Gasteiger partial charge in [-0.05, 0) is 12.8 Å². The molecule has 0 spiro atoms. The summed E-state index contributed by atoms with van der Waals surface area (Å²) < 4.78 is 4.83. The molecule has 0 unspecified atom stereocenters. The number of hydrogen-bond acceptors (Lipinski definition) is 3. The van der Waals surface area contributed by atoms with Crippen molar-refractivity contribution < 1.29 is 9.53 Å². The highest BCUT2D eigenvalue weighted by atomic mass is 16.5. The largest absolute Gasteiger partial charge is 0.383 e. The van der Waals surface area contributed by atoms with Crippen molar-refractivity contribution in [2.75, 3.05) is 26.8 Å². The maximum absolute atomic E-state index is 11.2. The van der Waals surface area contributed by atoms with E-state index in [0.29, 0.717) is 25.6 Å². The van der Waals surface area contributed by atoms with E-state index < -0.39 is 0 Å². The van der Waals surface area contributed by atoms with Gasteiger partial charge in [-0.2, -0.15) is 0 Å². The Morgan fingerprint density at radius 1 is 1.43 bits per heavy atom. The maximum atomic E-state index is 11.2. The molecule has 2 N–H and O–H groups in total. The van der Waals surface area contributed by atoms with Crippen LogP contribution in [-0.4, -0.2) is 38.8 Å². The fourth-order valence-electron chi connectivity index (χ4n) is 1.38. The Morgan fingerprint density at radius 3 is 2.79 bits per heavy atom. The Bertz CT molecular complexity index is 170. The van der Waals surface area contributed by atoms with Gasteiger partial charge in [0.05, 0.1) is 6.61 Å². The Morgan fingerprint density at radius 2 is 2.21 bits per heavy atom. The number of nitrogens with one attached hydrogen (secondary N) is 2. The molecule has 0 aromatic carbocycles. The van der Waals surface area contributed by atoms with Crippen molar-refractivity contribution in [3.8, 4) is 0 Å². The molecule has 0 saturated heterocycles. The lowest BCUT2D eigenvalue weighted by molar-refractivity contribution is -0.121. The first-order valence-corrected chi connectivity index (χ1v) is 5.32. The Hall–Kier alpha value is -0.610. The highest BCUT2D eigenvalue weighted by molar-refractivity contribution is 5.76. The van der Waals surface area contributed by atoms with Gasteiger partial charge in [-0.25, -0.2) is 0 Å². The van der Waals surface area contributed by atoms with E-state index in [4.69, 9.17) is 4.74 Å². The summed E-state index contributed by atoms with van der Waals surface area (Å²) in [4.78, 5) is 11.2. The van der Waals surface area contributed by atoms with Crippen LogP contribution in [0.4, 0.5) is 0 Å². The number of methoxy groups -OCH3 is 1. The minimum Gasteiger partial charge on any atom is -0.383 e. The molecule has 0 bridgehead atoms. The van der Waals surface area contributed by atoms with Crippen molar-refractivity contribution in [2.45, 2.75) is 31.7 Å². The van der Waals surface area contributed by atoms with Gasteiger partial charge in [0, 0.05) is 32.7 Å². The summed E-state index contributed by atoms with van der Waals surface area (Å²) in [7, 11) is 1.63. The zero-order valence-electron chi connectivity index (χ0n) is 8.84. The van der Waals surface area contributed by atoms with Gasteiger partial charge in [0.1, 0.15) is 0 Å². The molecule has 14 heavy (non-hydrogen) atoms. The van der Waals surface area contributed by atoms with Gasteiger partial charge in [0.15, 0.2) is 0 Å². The molecule has 4 heteroatoms. The fourth-order valence-corrected chi connectivity index (χ4v) is 1.38. The van der Waals surface area contributed by atoms with E-state index in [1.807, 2.05) is 0 Å². The van der Waals surface area contributed by atoms with Crippen molar-refractivity contribution in [1.29, 1.82) is 0 Å². The highest BCUT2D eigenvalue weighted by Gasteiger charge is 2.16. The molecule has 0 aromatic rings. The van der Waals surface area contributed by atoms with Crippen LogP contribution in [0.25, 0.3) is 0 Å². The molecule has 1 saturated carbocycles. The van der Waals surface area contributed by atoms with Crippen LogP contribution >= 0.6 is 0 Å². The Balaban J connectivity index is 1.86. The van der Waals surface area contributed by atoms with E-state index in [-0.39, 0.29) is 5.91 Å². The van der Waals surface area contributed by atoms with E-state index >= 15 is 0 Å². The van der Waals surface area contributed by atoms with Crippen LogP contribution in [0, 0.1) is 0 Å². The molecule has 0 atom stereocenters. The zero-order chi connectivity index (χ0) is 10.2. The van der Waals surface area contributed by atoms with Gasteiger partial charge < -0.3 is 15.4 Å². The molecule has 1 amide bonds. The minimum atomic E-state index is 0.105. The minimum absolute atomic E-state index is 0.105. The predicted octanol–water partition coefficient (Wildman–Crippen LogP) is 0.281. The second-order valence-corrected chi connectivity index (χ2v) is 3.67. The lowest BCUT2D eigenvalue weighted by atomic mass is 9.93. The predicted molar refractivity (Wildman–Crippen MR) is 55.1 cm³/mol. The molecule has 0 heterocycles. The first-order valence-electron chi connectivity index (χ1n) is 5.32. The normalized spacial score (nSPS) is 16.4. The second kappa shape index (κ2) is 6.79. The van der Waals surface area contributed by atoms with E-state index in [1.54, 1.807) is 7.11 Å². The molecule has 1 rings (SSSR count). The molecule has 1 aliphatic carbocycles. The monoisotopic (exact) mass is 200 g/mol. The quantitative estimate of drug-likeness (QED) is 0.580. The number of ether oxygens (including phenoxy) is 1. The van der Waals surface area contributed by atoms with Crippen LogP contribution in [0.3, 0.4) is 0 Å². The maximum Gasteiger partial charge on any atom is 0.221 e. The summed E-state index contributed by atoms with van der Waals surface area (Å²) in [6.07, 6.45) is 4.44. The summed E-state index contributed by atoms with van der Waals surface area (Å²) in [5.74, 6) is 0.105. The van der Waals surface area contributed by atoms with E-state index in [1.165, 1.54) is 19.3 Å². The van der Waals surface area contributed by atoms with E-state index in [2.05, 4.69) is 10.6 Å². The van der Waals surface area contributed by atoms with Gasteiger partial charge in [0.2, 0.25) is 5.91 Å². The first kappa shape index (κ1) is 11.5. The fraction of sp³-hybridized carbons (Fsp3) is 0.900. The topological polar surface area (TPSA) is 50.4 Å². The van der Waals surface area contributed by atoms with E-state index in [0.717, 1.165) is 6.54 Å². The average molecular weight is 200 g/mol. The van der Waals surface area contributed by atoms with Crippen LogP contribution < -0.4 is 10.6 Å². The standard InChI is InChI=1S/C10H20N2O2/c1-14-8-7-12-10(13)5-6-11-9-3-2-4-9/h9,11H,2-8H2,1H3,(H,12,13). The molecular formula is C10H20N2O2. The van der Waals surface area contributed by atoms with Gasteiger partial charge in [0.25, 0.3) is 0 Å². The lowest BCUT2D eigenvalue weighted by Gasteiger charge is -2.26. The van der Waals surface area contributed by atoms with Gasteiger partial charge >= 0.3 is 0 Å². The van der Waals surface area contributed by atoms with E-state index in [9.17, 15) is 4.79 Å². The Labute approximate surface area is 85.4 Å². The smallest absolute Gasteiger partial charge is 0.221 e. The first-order chi connectivity index (χ1) is 6.83. The molecule has 1 aliphatic rings. The lowest BCUT2D eigenvalue weighted by Crippen LogP contribution is -2.38. The van der Waals surface area contributed by atoms with Gasteiger partial charge in [-0.3, -0.25) is 4.79 Å². The third-order valence-electron chi connectivity index (χ3n) is 2.52. The van der Waals surface area contributed by atoms with Crippen LogP contribution in [0.1, 0.15) is 25.7 Å². The van der Waals surface area contributed by atoms with Crippen molar-refractivity contribution >= 4 is 5.91 Å². The molecule has 1 fully saturated rings. The van der Waals surface area contributed by atoms with Gasteiger partial charge in [-0.1, -0.05) is 6.42 Å². The van der Waals surface area contributed by atoms with Crippen LogP contribution in [0.15, 0.2) is 0 Å². The van der Waals surface area contributed by atoms with Crippen LogP contribution in [0.2, 0.25) is 0 Å². The molecule has 0 aromatic heterocycles. The van der Waals surface area contributed by atoms with Crippen molar-refractivity contribution in [3.05, 3.63) is 0 Å². The molecule has 0 aliphatic heterocycles. The molecule has 0 radical (unpaired) electrons. The third-order valence-corrected chi connectivity index (χ3v) is 2.52. The van der Waals surface area contributed by atoms with Crippen molar-refractivity contribution in [1.82, 2.24) is 10.6 Å². The summed E-state index contributed by atoms with van der Waals surface area (Å²) in [5, 5.41) is 6.14. The van der Waals surface area contributed by atoms with Crippen molar-refractivity contribution in [3.63, 3.8) is 0 Å². The van der Waals surface area contributed by atoms with Crippen LogP contribution in [-0.2, 0) is 9.53 Å². The molecule has 82 valence electrons. The summed E-state index contributed by atoms with van der Waals surface area (Å²) in [6.45, 7) is 1.99. The number of rotatable bonds is 7. The number of hydrogen-bond donors (Lipinski definition) is 2. The summed E-state index contributed by atoms with van der Waals surface area (Å²) in [6, 6.07) is 0.668. The number of carbonyl (C=O) groups is 1. The zero-order valence-corrected chi connectivity index (χ0v) is 8.84. The number of amides is 1. The average Bonchev–Trinajstić information content (AvgIpc) is 2.10. The Kier molecular flexibility index (Phi) is 5.56. The summed E-state index contributed by atoms with van der Waals surface area (Å²) in [5.41, 5.74) is 0. The summed E-state index contributed by atoms with van der Waals surface area (Å²) >= 11 is 0. The SMILES string of the molecule is COCCNC(=O)CCNC1CCC1. The van der Waals surface area contributed by atoms with Gasteiger partial charge in [-0.15, -0.1) is 0 Å². The molecular weight excluding hydrogens is 180 g/mol. The second-order valence-electron chi connectivity index (χ2n) is 3.67. The molecule has 4 nitrogen and oxygen atoms in total. The number of carbonyl (C=O) groups excluding carboxylic acids is 1. The highest BCUT2D eigenvalue weighted by Crippen LogP contribution is 2.17. The van der Waals surface area contributed by atoms with Crippen molar-refractivity contribution in [2.24, 2.45) is 0 Å². The third kappa shape index (κ3) is 4.58.